The summed E-state index contributed by atoms with van der Waals surface area (Å²) in [6, 6.07) is 0. The zero-order chi connectivity index (χ0) is 14.6. The van der Waals surface area contributed by atoms with Crippen LogP contribution in [0, 0.1) is 23.2 Å². The van der Waals surface area contributed by atoms with E-state index in [2.05, 4.69) is 13.8 Å². The number of rotatable bonds is 4. The van der Waals surface area contributed by atoms with Gasteiger partial charge in [0, 0.05) is 5.94 Å². The highest BCUT2D eigenvalue weighted by atomic mass is 16.5. The first kappa shape index (κ1) is 15.3. The van der Waals surface area contributed by atoms with Gasteiger partial charge < -0.3 is 20.5 Å². The molecule has 3 rings (SSSR count). The third-order valence-corrected chi connectivity index (χ3v) is 5.81. The number of hydrogen-bond acceptors (Lipinski definition) is 4. The van der Waals surface area contributed by atoms with Gasteiger partial charge >= 0.3 is 7.12 Å². The molecule has 3 aliphatic rings. The summed E-state index contributed by atoms with van der Waals surface area (Å²) >= 11 is 0. The molecule has 0 unspecified atom stereocenters. The molecule has 0 radical (unpaired) electrons. The molecule has 110 valence electrons. The lowest BCUT2D eigenvalue weighted by atomic mass is 9.43. The average molecular weight is 269 g/mol. The number of nitrogens with two attached hydrogens (primary N) is 1. The second-order valence-corrected chi connectivity index (χ2v) is 7.57. The molecule has 3 saturated carbocycles. The largest absolute Gasteiger partial charge is 0.472 e. The molecule has 0 aromatic heterocycles. The van der Waals surface area contributed by atoms with E-state index in [1.54, 1.807) is 0 Å². The molecular formula is C14H28BNO3. The second-order valence-electron chi connectivity index (χ2n) is 7.57. The summed E-state index contributed by atoms with van der Waals surface area (Å²) in [5.74, 6) is 0.564. The van der Waals surface area contributed by atoms with E-state index in [9.17, 15) is 10.1 Å². The maximum atomic E-state index is 10.4. The molecule has 19 heavy (non-hydrogen) atoms. The Labute approximate surface area is 116 Å². The van der Waals surface area contributed by atoms with Gasteiger partial charge in [-0.15, -0.1) is 0 Å². The Morgan fingerprint density at radius 1 is 1.26 bits per heavy atom. The van der Waals surface area contributed by atoms with Crippen molar-refractivity contribution >= 4 is 7.12 Å². The van der Waals surface area contributed by atoms with Crippen LogP contribution in [0.4, 0.5) is 0 Å². The van der Waals surface area contributed by atoms with E-state index >= 15 is 0 Å². The molecule has 3 fully saturated rings. The van der Waals surface area contributed by atoms with Gasteiger partial charge in [-0.05, 0) is 42.9 Å². The lowest BCUT2D eigenvalue weighted by molar-refractivity contribution is -0.239. The minimum absolute atomic E-state index is 0.140. The first-order chi connectivity index (χ1) is 8.60. The maximum absolute atomic E-state index is 10.4. The summed E-state index contributed by atoms with van der Waals surface area (Å²) in [5.41, 5.74) is 5.44. The molecule has 5 heteroatoms. The number of aliphatic hydroxyl groups is 1. The van der Waals surface area contributed by atoms with E-state index in [-0.39, 0.29) is 17.3 Å². The number of fused-ring (bicyclic) bond motifs is 2. The van der Waals surface area contributed by atoms with Crippen molar-refractivity contribution in [3.05, 3.63) is 0 Å². The van der Waals surface area contributed by atoms with Gasteiger partial charge in [-0.3, -0.25) is 0 Å². The number of aliphatic hydroxyl groups excluding tert-OH is 1. The average Bonchev–Trinajstić information content (AvgIpc) is 2.30. The minimum Gasteiger partial charge on any atom is -0.426 e. The Hall–Kier alpha value is -0.0951. The zero-order valence-corrected chi connectivity index (χ0v) is 12.8. The Kier molecular flexibility index (Phi) is 3.80. The standard InChI is InChI=1S/C14H28BNO3/c1-8(2)12(16)15(18)19-14(5)10-6-9(7-11(14)17)13(10,3)4/h8-12,17-18H,6-7,16H2,1-5H3/t9-,10-,11+,12-,14-/m1/s1. The Bertz CT molecular complexity index is 350. The molecule has 0 aromatic rings. The van der Waals surface area contributed by atoms with Crippen LogP contribution in [0.1, 0.15) is 47.5 Å². The van der Waals surface area contributed by atoms with Crippen molar-refractivity contribution in [2.75, 3.05) is 0 Å². The second kappa shape index (κ2) is 4.73. The Morgan fingerprint density at radius 2 is 1.84 bits per heavy atom. The van der Waals surface area contributed by atoms with Gasteiger partial charge in [-0.25, -0.2) is 0 Å². The minimum atomic E-state index is -1.02. The van der Waals surface area contributed by atoms with Gasteiger partial charge in [-0.1, -0.05) is 27.7 Å². The molecule has 5 atom stereocenters. The lowest BCUT2D eigenvalue weighted by Gasteiger charge is -2.66. The fraction of sp³-hybridized carbons (Fsp3) is 1.00. The SMILES string of the molecule is CC(C)[C@@H](N)B(O)O[C@]1(C)[C@@H]2C[C@H](C[C@@H]1O)C2(C)C. The molecule has 0 heterocycles. The topological polar surface area (TPSA) is 75.7 Å². The summed E-state index contributed by atoms with van der Waals surface area (Å²) in [4.78, 5) is 0. The van der Waals surface area contributed by atoms with Crippen LogP contribution in [0.15, 0.2) is 0 Å². The summed E-state index contributed by atoms with van der Waals surface area (Å²) in [6.07, 6.45) is 1.31. The molecule has 0 aromatic carbocycles. The monoisotopic (exact) mass is 269 g/mol. The Balaban J connectivity index is 2.12. The summed E-state index contributed by atoms with van der Waals surface area (Å²) in [7, 11) is -1.02. The van der Waals surface area contributed by atoms with Crippen LogP contribution in [0.5, 0.6) is 0 Å². The predicted octanol–water partition coefficient (Wildman–Crippen LogP) is 1.19. The lowest BCUT2D eigenvalue weighted by Crippen LogP contribution is -2.69. The van der Waals surface area contributed by atoms with Gasteiger partial charge in [0.25, 0.3) is 0 Å². The molecule has 4 nitrogen and oxygen atoms in total. The highest BCUT2D eigenvalue weighted by molar-refractivity contribution is 6.45. The van der Waals surface area contributed by atoms with Crippen LogP contribution >= 0.6 is 0 Å². The van der Waals surface area contributed by atoms with Gasteiger partial charge in [0.2, 0.25) is 0 Å². The van der Waals surface area contributed by atoms with Crippen LogP contribution in [0.2, 0.25) is 0 Å². The highest BCUT2D eigenvalue weighted by Crippen LogP contribution is 2.63. The Morgan fingerprint density at radius 3 is 2.32 bits per heavy atom. The highest BCUT2D eigenvalue weighted by Gasteiger charge is 2.64. The van der Waals surface area contributed by atoms with E-state index in [0.29, 0.717) is 5.92 Å². The normalized spacial score (nSPS) is 41.8. The van der Waals surface area contributed by atoms with E-state index in [4.69, 9.17) is 10.4 Å². The summed E-state index contributed by atoms with van der Waals surface area (Å²) in [6.45, 7) is 10.3. The smallest absolute Gasteiger partial charge is 0.426 e. The third-order valence-electron chi connectivity index (χ3n) is 5.81. The fourth-order valence-electron chi connectivity index (χ4n) is 3.95. The van der Waals surface area contributed by atoms with Crippen molar-refractivity contribution in [2.45, 2.75) is 65.1 Å². The van der Waals surface area contributed by atoms with E-state index in [1.165, 1.54) is 0 Å². The van der Waals surface area contributed by atoms with Crippen molar-refractivity contribution in [3.63, 3.8) is 0 Å². The van der Waals surface area contributed by atoms with Crippen LogP contribution in [0.3, 0.4) is 0 Å². The summed E-state index contributed by atoms with van der Waals surface area (Å²) in [5, 5.41) is 20.5. The van der Waals surface area contributed by atoms with Gasteiger partial charge in [-0.2, -0.15) is 0 Å². The quantitative estimate of drug-likeness (QED) is 0.670. The van der Waals surface area contributed by atoms with E-state index in [1.807, 2.05) is 20.8 Å². The van der Waals surface area contributed by atoms with Crippen LogP contribution < -0.4 is 5.73 Å². The molecular weight excluding hydrogens is 241 g/mol. The van der Waals surface area contributed by atoms with Crippen molar-refractivity contribution in [1.29, 1.82) is 0 Å². The van der Waals surface area contributed by atoms with Crippen LogP contribution in [-0.4, -0.2) is 34.9 Å². The van der Waals surface area contributed by atoms with Crippen molar-refractivity contribution in [1.82, 2.24) is 0 Å². The molecule has 4 N–H and O–H groups in total. The fourth-order valence-corrected chi connectivity index (χ4v) is 3.95. The first-order valence-electron chi connectivity index (χ1n) is 7.40. The van der Waals surface area contributed by atoms with E-state index in [0.717, 1.165) is 12.8 Å². The van der Waals surface area contributed by atoms with Crippen LogP contribution in [-0.2, 0) is 4.65 Å². The molecule has 0 spiro atoms. The first-order valence-corrected chi connectivity index (χ1v) is 7.40. The van der Waals surface area contributed by atoms with Crippen LogP contribution in [0.25, 0.3) is 0 Å². The molecule has 0 aliphatic heterocycles. The third kappa shape index (κ3) is 2.25. The van der Waals surface area contributed by atoms with Gasteiger partial charge in [0.1, 0.15) is 0 Å². The predicted molar refractivity (Wildman–Crippen MR) is 76.3 cm³/mol. The molecule has 0 amide bonds. The van der Waals surface area contributed by atoms with Crippen molar-refractivity contribution < 1.29 is 14.8 Å². The number of hydrogen-bond donors (Lipinski definition) is 3. The molecule has 0 saturated heterocycles. The summed E-state index contributed by atoms with van der Waals surface area (Å²) < 4.78 is 5.88. The van der Waals surface area contributed by atoms with Crippen molar-refractivity contribution in [2.24, 2.45) is 28.9 Å². The van der Waals surface area contributed by atoms with Crippen molar-refractivity contribution in [3.8, 4) is 0 Å². The maximum Gasteiger partial charge on any atom is 0.472 e. The van der Waals surface area contributed by atoms with Gasteiger partial charge in [0.15, 0.2) is 0 Å². The zero-order valence-electron chi connectivity index (χ0n) is 12.8. The molecule has 2 bridgehead atoms. The molecule has 3 aliphatic carbocycles. The van der Waals surface area contributed by atoms with E-state index < -0.39 is 24.8 Å². The van der Waals surface area contributed by atoms with Gasteiger partial charge in [0.05, 0.1) is 11.7 Å².